The highest BCUT2D eigenvalue weighted by molar-refractivity contribution is 5.77. The van der Waals surface area contributed by atoms with Crippen molar-refractivity contribution in [3.8, 4) is 0 Å². The summed E-state index contributed by atoms with van der Waals surface area (Å²) in [6.07, 6.45) is -2.53. The van der Waals surface area contributed by atoms with E-state index in [1.165, 1.54) is 16.7 Å². The van der Waals surface area contributed by atoms with Gasteiger partial charge in [-0.15, -0.1) is 10.2 Å². The molecule has 1 saturated heterocycles. The van der Waals surface area contributed by atoms with Crippen LogP contribution in [0.5, 0.6) is 0 Å². The first-order valence-corrected chi connectivity index (χ1v) is 13.8. The number of imidazole rings is 1. The molecule has 0 aliphatic carbocycles. The van der Waals surface area contributed by atoms with Crippen LogP contribution in [0.2, 0.25) is 0 Å². The molecule has 3 aromatic heterocycles. The van der Waals surface area contributed by atoms with Crippen LogP contribution in [0.4, 0.5) is 22.0 Å². The maximum absolute atomic E-state index is 14.7. The average Bonchev–Trinajstić information content (AvgIpc) is 3.43. The predicted octanol–water partition coefficient (Wildman–Crippen LogP) is 4.61. The molecule has 1 fully saturated rings. The Bertz CT molecular complexity index is 1670. The number of halogens is 5. The van der Waals surface area contributed by atoms with Crippen LogP contribution in [0, 0.1) is 11.6 Å². The molecule has 1 amide bonds. The first kappa shape index (κ1) is 28.0. The smallest absolute Gasteiger partial charge is 0.343 e. The van der Waals surface area contributed by atoms with E-state index in [4.69, 9.17) is 0 Å². The molecule has 2 atom stereocenters. The van der Waals surface area contributed by atoms with Gasteiger partial charge in [0.1, 0.15) is 18.1 Å². The fraction of sp³-hybridized carbons (Fsp3) is 0.464. The Balaban J connectivity index is 1.20. The number of nitrogens with zero attached hydrogens (tertiary/aromatic N) is 6. The summed E-state index contributed by atoms with van der Waals surface area (Å²) in [5, 5.41) is 7.85. The van der Waals surface area contributed by atoms with Crippen molar-refractivity contribution in [3.63, 3.8) is 0 Å². The van der Waals surface area contributed by atoms with E-state index in [1.807, 2.05) is 6.07 Å². The normalized spacial score (nSPS) is 20.1. The van der Waals surface area contributed by atoms with Gasteiger partial charge in [0.25, 0.3) is 0 Å². The second-order valence-electron chi connectivity index (χ2n) is 11.0. The lowest BCUT2D eigenvalue weighted by Crippen LogP contribution is -2.41. The van der Waals surface area contributed by atoms with Gasteiger partial charge < -0.3 is 9.47 Å². The van der Waals surface area contributed by atoms with E-state index in [0.29, 0.717) is 49.9 Å². The van der Waals surface area contributed by atoms with Crippen molar-refractivity contribution >= 4 is 17.1 Å². The Morgan fingerprint density at radius 3 is 2.57 bits per heavy atom. The Kier molecular flexibility index (Phi) is 7.31. The highest BCUT2D eigenvalue weighted by atomic mass is 19.4. The number of H-pyrrole nitrogens is 1. The number of aromatic amines is 1. The van der Waals surface area contributed by atoms with E-state index in [2.05, 4.69) is 20.2 Å². The maximum Gasteiger partial charge on any atom is 0.396 e. The number of likely N-dealkylation sites (tertiary alicyclic amines) is 1. The van der Waals surface area contributed by atoms with Crippen LogP contribution in [-0.2, 0) is 17.8 Å². The zero-order chi connectivity index (χ0) is 29.6. The van der Waals surface area contributed by atoms with E-state index in [9.17, 15) is 31.5 Å². The van der Waals surface area contributed by atoms with Crippen molar-refractivity contribution in [2.45, 2.75) is 69.1 Å². The number of hydrogen-bond donors (Lipinski definition) is 1. The van der Waals surface area contributed by atoms with Gasteiger partial charge in [-0.05, 0) is 49.4 Å². The molecule has 1 aromatic carbocycles. The van der Waals surface area contributed by atoms with Crippen LogP contribution in [-0.4, -0.2) is 59.4 Å². The summed E-state index contributed by atoms with van der Waals surface area (Å²) in [7, 11) is 0. The number of nitrogens with one attached hydrogen (secondary N) is 1. The molecule has 0 bridgehead atoms. The Morgan fingerprint density at radius 2 is 1.81 bits per heavy atom. The molecule has 0 radical (unpaired) electrons. The fourth-order valence-corrected chi connectivity index (χ4v) is 6.32. The first-order valence-electron chi connectivity index (χ1n) is 13.8. The van der Waals surface area contributed by atoms with E-state index in [0.717, 1.165) is 6.07 Å². The zero-order valence-corrected chi connectivity index (χ0v) is 22.4. The van der Waals surface area contributed by atoms with Crippen molar-refractivity contribution in [2.75, 3.05) is 13.1 Å². The Morgan fingerprint density at radius 1 is 1.02 bits per heavy atom. The monoisotopic (exact) mass is 589 g/mol. The van der Waals surface area contributed by atoms with Crippen LogP contribution in [0.25, 0.3) is 11.2 Å². The summed E-state index contributed by atoms with van der Waals surface area (Å²) < 4.78 is 71.8. The molecule has 9 nitrogen and oxygen atoms in total. The number of alkyl halides is 3. The van der Waals surface area contributed by atoms with Crippen LogP contribution in [0.1, 0.15) is 67.2 Å². The van der Waals surface area contributed by atoms with E-state index >= 15 is 0 Å². The van der Waals surface area contributed by atoms with Gasteiger partial charge in [-0.1, -0.05) is 12.1 Å². The summed E-state index contributed by atoms with van der Waals surface area (Å²) in [5.41, 5.74) is 1.01. The van der Waals surface area contributed by atoms with Crippen LogP contribution >= 0.6 is 0 Å². The summed E-state index contributed by atoms with van der Waals surface area (Å²) in [6, 6.07) is 7.24. The van der Waals surface area contributed by atoms with E-state index in [-0.39, 0.29) is 47.8 Å². The second-order valence-corrected chi connectivity index (χ2v) is 11.0. The number of pyridine rings is 1. The lowest BCUT2D eigenvalue weighted by Gasteiger charge is -2.33. The fourth-order valence-electron chi connectivity index (χ4n) is 6.32. The predicted molar refractivity (Wildman–Crippen MR) is 141 cm³/mol. The number of piperidine rings is 1. The second kappa shape index (κ2) is 11.0. The minimum atomic E-state index is -4.55. The van der Waals surface area contributed by atoms with Gasteiger partial charge in [-0.2, -0.15) is 13.2 Å². The van der Waals surface area contributed by atoms with Crippen LogP contribution < -0.4 is 5.69 Å². The average molecular weight is 590 g/mol. The number of carbonyl (C=O) groups is 1. The molecular weight excluding hydrogens is 561 g/mol. The first-order chi connectivity index (χ1) is 20.1. The molecule has 222 valence electrons. The Labute approximate surface area is 236 Å². The molecule has 4 aromatic rings. The molecule has 2 aliphatic heterocycles. The van der Waals surface area contributed by atoms with Gasteiger partial charge in [0.05, 0.1) is 5.52 Å². The van der Waals surface area contributed by atoms with Gasteiger partial charge >= 0.3 is 11.9 Å². The highest BCUT2D eigenvalue weighted by Crippen LogP contribution is 2.38. The largest absolute Gasteiger partial charge is 0.396 e. The summed E-state index contributed by atoms with van der Waals surface area (Å²) >= 11 is 0. The molecule has 6 rings (SSSR count). The number of fused-ring (bicyclic) bond motifs is 2. The molecule has 2 aliphatic rings. The number of hydrogen-bond acceptors (Lipinski definition) is 5. The number of benzene rings is 1. The SMILES string of the molecule is O=C(C[C@@H]1CC[C@@H](c2cccc(F)c2F)Cn2c(CC(F)(F)F)nnc21)N1CCC(n2c(=O)[nH]c3ncccc32)CC1. The van der Waals surface area contributed by atoms with E-state index in [1.54, 1.807) is 21.7 Å². The van der Waals surface area contributed by atoms with Gasteiger partial charge in [0.2, 0.25) is 5.91 Å². The number of carbonyl (C=O) groups excluding carboxylic acids is 1. The minimum absolute atomic E-state index is 0.00980. The summed E-state index contributed by atoms with van der Waals surface area (Å²) in [4.78, 5) is 34.7. The number of aromatic nitrogens is 6. The lowest BCUT2D eigenvalue weighted by atomic mass is 9.89. The molecule has 1 N–H and O–H groups in total. The molecule has 0 unspecified atom stereocenters. The molecule has 0 spiro atoms. The number of rotatable bonds is 5. The standard InChI is InChI=1S/C28H28F5N7O2/c29-20-4-1-3-19(24(20)30)17-7-6-16(26-37-36-22(39(26)15-17)14-28(31,32)33)13-23(41)38-11-8-18(9-12-38)40-21-5-2-10-34-25(21)35-27(40)42/h1-5,10,16-18H,6-9,11-15H2,(H,34,35,42)/t16-,17+/m0/s1. The zero-order valence-electron chi connectivity index (χ0n) is 22.4. The molecular formula is C28H28F5N7O2. The molecule has 14 heteroatoms. The Hall–Kier alpha value is -4.10. The van der Waals surface area contributed by atoms with Crippen molar-refractivity contribution in [1.29, 1.82) is 0 Å². The topological polar surface area (TPSA) is 102 Å². The summed E-state index contributed by atoms with van der Waals surface area (Å²) in [5.74, 6) is -3.49. The van der Waals surface area contributed by atoms with Crippen LogP contribution in [0.15, 0.2) is 41.3 Å². The van der Waals surface area contributed by atoms with Gasteiger partial charge in [0, 0.05) is 50.1 Å². The van der Waals surface area contributed by atoms with Crippen molar-refractivity contribution in [1.82, 2.24) is 34.2 Å². The van der Waals surface area contributed by atoms with Gasteiger partial charge in [-0.25, -0.2) is 18.6 Å². The van der Waals surface area contributed by atoms with Crippen LogP contribution in [0.3, 0.4) is 0 Å². The quantitative estimate of drug-likeness (QED) is 0.343. The molecule has 0 saturated carbocycles. The third-order valence-corrected chi connectivity index (χ3v) is 8.36. The molecule has 42 heavy (non-hydrogen) atoms. The van der Waals surface area contributed by atoms with Crippen molar-refractivity contribution in [2.24, 2.45) is 0 Å². The third-order valence-electron chi connectivity index (χ3n) is 8.36. The summed E-state index contributed by atoms with van der Waals surface area (Å²) in [6.45, 7) is 0.746. The minimum Gasteiger partial charge on any atom is -0.343 e. The van der Waals surface area contributed by atoms with Gasteiger partial charge in [0.15, 0.2) is 17.3 Å². The van der Waals surface area contributed by atoms with Crippen molar-refractivity contribution < 1.29 is 26.7 Å². The maximum atomic E-state index is 14.7. The van der Waals surface area contributed by atoms with Crippen molar-refractivity contribution in [3.05, 3.63) is 75.9 Å². The third kappa shape index (κ3) is 5.41. The number of amides is 1. The van der Waals surface area contributed by atoms with Gasteiger partial charge in [-0.3, -0.25) is 14.3 Å². The van der Waals surface area contributed by atoms with E-state index < -0.39 is 36.1 Å². The molecule has 5 heterocycles. The highest BCUT2D eigenvalue weighted by Gasteiger charge is 2.37. The lowest BCUT2D eigenvalue weighted by molar-refractivity contribution is -0.133.